The van der Waals surface area contributed by atoms with Crippen molar-refractivity contribution in [3.63, 3.8) is 0 Å². The number of carbonyl (C=O) groups is 1. The molecule has 4 aliphatic carbocycles. The molecular formula is C20H27ClN2O2. The molecule has 1 aromatic carbocycles. The van der Waals surface area contributed by atoms with Gasteiger partial charge in [-0.15, -0.1) is 0 Å². The van der Waals surface area contributed by atoms with E-state index in [1.165, 1.54) is 44.1 Å². The van der Waals surface area contributed by atoms with Gasteiger partial charge in [0.15, 0.2) is 0 Å². The van der Waals surface area contributed by atoms with E-state index in [1.807, 2.05) is 6.07 Å². The number of rotatable bonds is 5. The smallest absolute Gasteiger partial charge is 0.319 e. The van der Waals surface area contributed by atoms with E-state index in [9.17, 15) is 4.79 Å². The summed E-state index contributed by atoms with van der Waals surface area (Å²) in [4.78, 5) is 11.9. The lowest BCUT2D eigenvalue weighted by atomic mass is 9.48. The number of amides is 2. The molecule has 4 bridgehead atoms. The molecule has 0 aromatic heterocycles. The Morgan fingerprint density at radius 2 is 1.80 bits per heavy atom. The third-order valence-corrected chi connectivity index (χ3v) is 6.80. The molecule has 0 unspecified atom stereocenters. The van der Waals surface area contributed by atoms with E-state index in [2.05, 4.69) is 22.8 Å². The van der Waals surface area contributed by atoms with Gasteiger partial charge in [-0.05, 0) is 85.8 Å². The molecule has 5 rings (SSSR count). The lowest BCUT2D eigenvalue weighted by Gasteiger charge is -2.57. The minimum absolute atomic E-state index is 0.0702. The van der Waals surface area contributed by atoms with Gasteiger partial charge in [0.25, 0.3) is 0 Å². The third-order valence-electron chi connectivity index (χ3n) is 6.49. The van der Waals surface area contributed by atoms with Crippen LogP contribution in [0, 0.1) is 17.8 Å². The zero-order valence-electron chi connectivity index (χ0n) is 14.6. The molecule has 5 heteroatoms. The molecule has 4 saturated carbocycles. The Morgan fingerprint density at radius 1 is 1.16 bits per heavy atom. The highest BCUT2D eigenvalue weighted by Crippen LogP contribution is 2.60. The number of hydrogen-bond acceptors (Lipinski definition) is 2. The molecule has 136 valence electrons. The number of hydrogen-bond donors (Lipinski definition) is 3. The highest BCUT2D eigenvalue weighted by atomic mass is 35.5. The first kappa shape index (κ1) is 17.2. The van der Waals surface area contributed by atoms with Crippen LogP contribution in [0.4, 0.5) is 10.5 Å². The number of aliphatic hydroxyl groups is 1. The highest BCUT2D eigenvalue weighted by Gasteiger charge is 2.51. The molecule has 3 N–H and O–H groups in total. The minimum atomic E-state index is -0.280. The molecule has 0 atom stereocenters. The molecule has 4 fully saturated rings. The summed E-state index contributed by atoms with van der Waals surface area (Å²) in [5, 5.41) is 14.9. The summed E-state index contributed by atoms with van der Waals surface area (Å²) in [6.07, 6.45) is 8.77. The largest absolute Gasteiger partial charge is 0.396 e. The number of carbonyl (C=O) groups excluding carboxylic acids is 1. The summed E-state index contributed by atoms with van der Waals surface area (Å²) < 4.78 is 0. The zero-order chi connectivity index (χ0) is 17.4. The number of aliphatic hydroxyl groups excluding tert-OH is 1. The number of anilines is 1. The van der Waals surface area contributed by atoms with E-state index in [0.717, 1.165) is 17.8 Å². The molecule has 2 amide bonds. The van der Waals surface area contributed by atoms with Crippen LogP contribution in [-0.2, 0) is 5.41 Å². The fraction of sp³-hybridized carbons (Fsp3) is 0.650. The normalized spacial score (nSPS) is 32.6. The quantitative estimate of drug-likeness (QED) is 0.683. The molecule has 0 spiro atoms. The summed E-state index contributed by atoms with van der Waals surface area (Å²) in [6, 6.07) is 5.92. The van der Waals surface area contributed by atoms with Gasteiger partial charge in [-0.1, -0.05) is 17.7 Å². The maximum Gasteiger partial charge on any atom is 0.319 e. The third kappa shape index (κ3) is 3.39. The second-order valence-corrected chi connectivity index (χ2v) is 8.76. The van der Waals surface area contributed by atoms with Crippen LogP contribution in [0.2, 0.25) is 5.02 Å². The van der Waals surface area contributed by atoms with Crippen molar-refractivity contribution in [2.75, 3.05) is 18.5 Å². The monoisotopic (exact) mass is 362 g/mol. The van der Waals surface area contributed by atoms with Crippen LogP contribution in [-0.4, -0.2) is 24.3 Å². The number of halogens is 1. The van der Waals surface area contributed by atoms with Gasteiger partial charge in [0.05, 0.1) is 10.7 Å². The van der Waals surface area contributed by atoms with Crippen molar-refractivity contribution >= 4 is 23.3 Å². The lowest BCUT2D eigenvalue weighted by Crippen LogP contribution is -2.48. The number of nitrogens with one attached hydrogen (secondary N) is 2. The van der Waals surface area contributed by atoms with Crippen molar-refractivity contribution in [2.24, 2.45) is 17.8 Å². The molecule has 0 radical (unpaired) electrons. The molecule has 1 aromatic rings. The fourth-order valence-corrected chi connectivity index (χ4v) is 6.09. The van der Waals surface area contributed by atoms with E-state index in [0.29, 0.717) is 29.1 Å². The Labute approximate surface area is 154 Å². The van der Waals surface area contributed by atoms with Crippen molar-refractivity contribution < 1.29 is 9.90 Å². The molecular weight excluding hydrogens is 336 g/mol. The van der Waals surface area contributed by atoms with Crippen molar-refractivity contribution in [2.45, 2.75) is 50.4 Å². The van der Waals surface area contributed by atoms with Crippen LogP contribution in [0.1, 0.15) is 50.5 Å². The van der Waals surface area contributed by atoms with Gasteiger partial charge in [-0.2, -0.15) is 0 Å². The van der Waals surface area contributed by atoms with E-state index in [4.69, 9.17) is 16.7 Å². The average molecular weight is 363 g/mol. The van der Waals surface area contributed by atoms with Crippen LogP contribution in [0.15, 0.2) is 18.2 Å². The number of benzene rings is 1. The second-order valence-electron chi connectivity index (χ2n) is 8.35. The van der Waals surface area contributed by atoms with Gasteiger partial charge in [-0.3, -0.25) is 0 Å². The van der Waals surface area contributed by atoms with Crippen LogP contribution < -0.4 is 10.6 Å². The first-order valence-electron chi connectivity index (χ1n) is 9.54. The van der Waals surface area contributed by atoms with Gasteiger partial charge in [0.1, 0.15) is 0 Å². The summed E-state index contributed by atoms with van der Waals surface area (Å²) in [7, 11) is 0. The molecule has 0 saturated heterocycles. The van der Waals surface area contributed by atoms with Crippen LogP contribution in [0.5, 0.6) is 0 Å². The first-order valence-corrected chi connectivity index (χ1v) is 9.91. The van der Waals surface area contributed by atoms with Crippen molar-refractivity contribution in [1.29, 1.82) is 0 Å². The fourth-order valence-electron chi connectivity index (χ4n) is 5.86. The van der Waals surface area contributed by atoms with Crippen molar-refractivity contribution in [3.8, 4) is 0 Å². The molecule has 0 heterocycles. The van der Waals surface area contributed by atoms with E-state index >= 15 is 0 Å². The van der Waals surface area contributed by atoms with Gasteiger partial charge < -0.3 is 15.7 Å². The maximum absolute atomic E-state index is 11.9. The predicted octanol–water partition coefficient (Wildman–Crippen LogP) is 4.31. The van der Waals surface area contributed by atoms with Crippen LogP contribution in [0.25, 0.3) is 0 Å². The average Bonchev–Trinajstić information content (AvgIpc) is 2.55. The topological polar surface area (TPSA) is 61.4 Å². The lowest BCUT2D eigenvalue weighted by molar-refractivity contribution is -0.00517. The standard InChI is InChI=1S/C20H27ClN2O2/c21-17-9-16(2-3-18(17)23-19(25)22-4-1-5-24)20-10-13-6-14(11-20)8-15(7-13)12-20/h2-3,9,13-15,24H,1,4-8,10-12H2,(H2,22,23,25). The van der Waals surface area contributed by atoms with Crippen LogP contribution in [0.3, 0.4) is 0 Å². The summed E-state index contributed by atoms with van der Waals surface area (Å²) in [6.45, 7) is 0.520. The van der Waals surface area contributed by atoms with Crippen molar-refractivity contribution in [3.05, 3.63) is 28.8 Å². The SMILES string of the molecule is O=C(NCCCO)Nc1ccc(C23CC4CC(CC(C4)C2)C3)cc1Cl. The summed E-state index contributed by atoms with van der Waals surface area (Å²) in [5.41, 5.74) is 2.33. The Morgan fingerprint density at radius 3 is 2.36 bits per heavy atom. The highest BCUT2D eigenvalue weighted by molar-refractivity contribution is 6.33. The van der Waals surface area contributed by atoms with E-state index < -0.39 is 0 Å². The first-order chi connectivity index (χ1) is 12.1. The Balaban J connectivity index is 1.48. The molecule has 0 aliphatic heterocycles. The number of urea groups is 1. The summed E-state index contributed by atoms with van der Waals surface area (Å²) in [5.74, 6) is 2.71. The van der Waals surface area contributed by atoms with Gasteiger partial charge in [-0.25, -0.2) is 4.79 Å². The molecule has 4 nitrogen and oxygen atoms in total. The Hall–Kier alpha value is -1.26. The maximum atomic E-state index is 11.9. The minimum Gasteiger partial charge on any atom is -0.396 e. The predicted molar refractivity (Wildman–Crippen MR) is 100 cm³/mol. The second kappa shape index (κ2) is 6.81. The van der Waals surface area contributed by atoms with E-state index in [-0.39, 0.29) is 12.6 Å². The molecule has 4 aliphatic rings. The van der Waals surface area contributed by atoms with Crippen LogP contribution >= 0.6 is 11.6 Å². The summed E-state index contributed by atoms with van der Waals surface area (Å²) >= 11 is 6.49. The van der Waals surface area contributed by atoms with Gasteiger partial charge >= 0.3 is 6.03 Å². The Bertz CT molecular complexity index is 626. The molecule has 25 heavy (non-hydrogen) atoms. The zero-order valence-corrected chi connectivity index (χ0v) is 15.3. The van der Waals surface area contributed by atoms with Crippen molar-refractivity contribution in [1.82, 2.24) is 5.32 Å². The van der Waals surface area contributed by atoms with Gasteiger partial charge in [0, 0.05) is 13.2 Å². The Kier molecular flexibility index (Phi) is 4.67. The van der Waals surface area contributed by atoms with E-state index in [1.54, 1.807) is 0 Å². The van der Waals surface area contributed by atoms with Gasteiger partial charge in [0.2, 0.25) is 0 Å².